The Labute approximate surface area is 212 Å². The molecule has 0 saturated carbocycles. The molecule has 0 aliphatic carbocycles. The van der Waals surface area contributed by atoms with Gasteiger partial charge in [0.1, 0.15) is 5.82 Å². The molecular weight excluding hydrogens is 501 g/mol. The number of benzene rings is 2. The standard InChI is InChI=1S/C25H24FN5O3S2/c1-16(18-6-8-20(26)9-7-18)31-15-27-12-23(31)22-5-3-4-19-14-30(11-10-21(19)22)36(33,34)24-13-28-25(35-24)29-17(2)32/h3-9,12-13,15-16H,10-11,14H2,1-2H3,(H,28,29,32). The third-order valence-electron chi connectivity index (χ3n) is 6.30. The summed E-state index contributed by atoms with van der Waals surface area (Å²) in [7, 11) is -3.76. The maximum Gasteiger partial charge on any atom is 0.254 e. The number of hydrogen-bond acceptors (Lipinski definition) is 6. The molecule has 0 radical (unpaired) electrons. The molecule has 1 N–H and O–H groups in total. The van der Waals surface area contributed by atoms with E-state index in [-0.39, 0.29) is 33.7 Å². The molecule has 0 saturated heterocycles. The van der Waals surface area contributed by atoms with Crippen LogP contribution in [0.4, 0.5) is 9.52 Å². The van der Waals surface area contributed by atoms with Gasteiger partial charge < -0.3 is 9.88 Å². The second-order valence-corrected chi connectivity index (χ2v) is 11.8. The molecule has 0 spiro atoms. The first-order valence-electron chi connectivity index (χ1n) is 11.4. The van der Waals surface area contributed by atoms with Gasteiger partial charge in [-0.1, -0.05) is 41.7 Å². The van der Waals surface area contributed by atoms with E-state index in [0.717, 1.165) is 39.3 Å². The van der Waals surface area contributed by atoms with Gasteiger partial charge in [0.2, 0.25) is 5.91 Å². The lowest BCUT2D eigenvalue weighted by Crippen LogP contribution is -2.35. The highest BCUT2D eigenvalue weighted by Crippen LogP contribution is 2.35. The van der Waals surface area contributed by atoms with E-state index in [1.165, 1.54) is 29.6 Å². The van der Waals surface area contributed by atoms with Crippen LogP contribution in [0.3, 0.4) is 0 Å². The fourth-order valence-corrected chi connectivity index (χ4v) is 7.12. The first-order chi connectivity index (χ1) is 17.2. The Morgan fingerprint density at radius 2 is 1.94 bits per heavy atom. The Balaban J connectivity index is 1.43. The van der Waals surface area contributed by atoms with E-state index in [4.69, 9.17) is 0 Å². The van der Waals surface area contributed by atoms with E-state index in [9.17, 15) is 17.6 Å². The topological polar surface area (TPSA) is 97.2 Å². The Kier molecular flexibility index (Phi) is 6.45. The van der Waals surface area contributed by atoms with E-state index >= 15 is 0 Å². The maximum absolute atomic E-state index is 13.4. The van der Waals surface area contributed by atoms with E-state index in [1.807, 2.05) is 29.7 Å². The SMILES string of the molecule is CC(=O)Nc1ncc(S(=O)(=O)N2CCc3c(cccc3-c3cncn3C(C)c3ccc(F)cc3)C2)s1. The van der Waals surface area contributed by atoms with Crippen LogP contribution in [0.1, 0.15) is 36.6 Å². The van der Waals surface area contributed by atoms with Crippen LogP contribution >= 0.6 is 11.3 Å². The summed E-state index contributed by atoms with van der Waals surface area (Å²) in [5.41, 5.74) is 4.89. The number of nitrogens with zero attached hydrogens (tertiary/aromatic N) is 4. The zero-order chi connectivity index (χ0) is 25.4. The molecule has 2 aromatic carbocycles. The number of thiazole rings is 1. The summed E-state index contributed by atoms with van der Waals surface area (Å²) < 4.78 is 43.6. The van der Waals surface area contributed by atoms with Crippen molar-refractivity contribution in [3.63, 3.8) is 0 Å². The summed E-state index contributed by atoms with van der Waals surface area (Å²) in [6.07, 6.45) is 5.39. The highest BCUT2D eigenvalue weighted by atomic mass is 32.2. The number of anilines is 1. The monoisotopic (exact) mass is 525 g/mol. The number of imidazole rings is 1. The number of rotatable bonds is 6. The summed E-state index contributed by atoms with van der Waals surface area (Å²) in [4.78, 5) is 19.7. The van der Waals surface area contributed by atoms with Gasteiger partial charge in [0.25, 0.3) is 10.0 Å². The van der Waals surface area contributed by atoms with Gasteiger partial charge in [-0.2, -0.15) is 4.31 Å². The molecule has 1 amide bonds. The summed E-state index contributed by atoms with van der Waals surface area (Å²) in [5.74, 6) is -0.584. The van der Waals surface area contributed by atoms with E-state index in [0.29, 0.717) is 13.0 Å². The molecule has 1 aliphatic rings. The fraction of sp³-hybridized carbons (Fsp3) is 0.240. The maximum atomic E-state index is 13.4. The molecule has 1 aliphatic heterocycles. The number of carbonyl (C=O) groups is 1. The predicted octanol–water partition coefficient (Wildman–Crippen LogP) is 4.46. The van der Waals surface area contributed by atoms with Gasteiger partial charge in [0.15, 0.2) is 9.34 Å². The van der Waals surface area contributed by atoms with Gasteiger partial charge in [-0.25, -0.2) is 22.8 Å². The number of sulfonamides is 1. The van der Waals surface area contributed by atoms with Crippen LogP contribution < -0.4 is 5.32 Å². The Morgan fingerprint density at radius 1 is 1.17 bits per heavy atom. The van der Waals surface area contributed by atoms with Crippen molar-refractivity contribution in [2.45, 2.75) is 37.1 Å². The Bertz CT molecular complexity index is 1530. The lowest BCUT2D eigenvalue weighted by molar-refractivity contribution is -0.114. The van der Waals surface area contributed by atoms with Crippen molar-refractivity contribution in [2.75, 3.05) is 11.9 Å². The van der Waals surface area contributed by atoms with Crippen molar-refractivity contribution in [3.8, 4) is 11.3 Å². The minimum atomic E-state index is -3.76. The second kappa shape index (κ2) is 9.57. The molecule has 186 valence electrons. The Morgan fingerprint density at radius 3 is 2.69 bits per heavy atom. The van der Waals surface area contributed by atoms with Crippen molar-refractivity contribution in [1.29, 1.82) is 0 Å². The van der Waals surface area contributed by atoms with Crippen molar-refractivity contribution < 1.29 is 17.6 Å². The fourth-order valence-electron chi connectivity index (χ4n) is 4.47. The smallest absolute Gasteiger partial charge is 0.254 e. The molecule has 0 bridgehead atoms. The van der Waals surface area contributed by atoms with Gasteiger partial charge >= 0.3 is 0 Å². The number of halogens is 1. The van der Waals surface area contributed by atoms with Crippen LogP contribution in [0.5, 0.6) is 0 Å². The molecule has 2 aromatic heterocycles. The van der Waals surface area contributed by atoms with Crippen LogP contribution in [0.25, 0.3) is 11.3 Å². The summed E-state index contributed by atoms with van der Waals surface area (Å²) in [5, 5.41) is 2.78. The summed E-state index contributed by atoms with van der Waals surface area (Å²) in [6, 6.07) is 12.3. The minimum Gasteiger partial charge on any atom is -0.323 e. The number of carbonyl (C=O) groups excluding carboxylic acids is 1. The highest BCUT2D eigenvalue weighted by Gasteiger charge is 2.31. The minimum absolute atomic E-state index is 0.0661. The van der Waals surface area contributed by atoms with Crippen LogP contribution in [0.2, 0.25) is 0 Å². The molecule has 0 fully saturated rings. The van der Waals surface area contributed by atoms with Crippen molar-refractivity contribution in [1.82, 2.24) is 18.8 Å². The van der Waals surface area contributed by atoms with Gasteiger partial charge in [-0.3, -0.25) is 4.79 Å². The quantitative estimate of drug-likeness (QED) is 0.401. The van der Waals surface area contributed by atoms with Crippen LogP contribution in [-0.2, 0) is 27.8 Å². The molecular formula is C25H24FN5O3S2. The zero-order valence-corrected chi connectivity index (χ0v) is 21.3. The summed E-state index contributed by atoms with van der Waals surface area (Å²) >= 11 is 0.940. The van der Waals surface area contributed by atoms with E-state index < -0.39 is 10.0 Å². The van der Waals surface area contributed by atoms with Crippen LogP contribution in [-0.4, -0.2) is 39.7 Å². The normalized spacial score (nSPS) is 14.9. The molecule has 5 rings (SSSR count). The molecule has 4 aromatic rings. The third kappa shape index (κ3) is 4.57. The lowest BCUT2D eigenvalue weighted by atomic mass is 9.93. The number of hydrogen-bond donors (Lipinski definition) is 1. The lowest BCUT2D eigenvalue weighted by Gasteiger charge is -2.29. The van der Waals surface area contributed by atoms with E-state index in [1.54, 1.807) is 24.7 Å². The van der Waals surface area contributed by atoms with Crippen LogP contribution in [0, 0.1) is 5.82 Å². The predicted molar refractivity (Wildman–Crippen MR) is 136 cm³/mol. The molecule has 8 nitrogen and oxygen atoms in total. The number of fused-ring (bicyclic) bond motifs is 1. The average molecular weight is 526 g/mol. The van der Waals surface area contributed by atoms with Crippen molar-refractivity contribution in [2.24, 2.45) is 0 Å². The molecule has 36 heavy (non-hydrogen) atoms. The number of amides is 1. The first kappa shape index (κ1) is 24.3. The third-order valence-corrected chi connectivity index (χ3v) is 9.50. The molecule has 1 atom stereocenters. The van der Waals surface area contributed by atoms with Gasteiger partial charge in [0.05, 0.1) is 30.5 Å². The molecule has 3 heterocycles. The van der Waals surface area contributed by atoms with Gasteiger partial charge in [-0.05, 0) is 42.2 Å². The van der Waals surface area contributed by atoms with Crippen molar-refractivity contribution in [3.05, 3.63) is 83.7 Å². The summed E-state index contributed by atoms with van der Waals surface area (Å²) in [6.45, 7) is 3.94. The number of nitrogens with one attached hydrogen (secondary N) is 1. The molecule has 11 heteroatoms. The van der Waals surface area contributed by atoms with Crippen LogP contribution in [0.15, 0.2) is 65.4 Å². The first-order valence-corrected chi connectivity index (χ1v) is 13.6. The second-order valence-electron chi connectivity index (χ2n) is 8.61. The highest BCUT2D eigenvalue weighted by molar-refractivity contribution is 7.91. The largest absolute Gasteiger partial charge is 0.323 e. The molecule has 1 unspecified atom stereocenters. The zero-order valence-electron chi connectivity index (χ0n) is 19.7. The van der Waals surface area contributed by atoms with Gasteiger partial charge in [-0.15, -0.1) is 0 Å². The van der Waals surface area contributed by atoms with Gasteiger partial charge in [0, 0.05) is 25.6 Å². The van der Waals surface area contributed by atoms with Crippen molar-refractivity contribution >= 4 is 32.4 Å². The van der Waals surface area contributed by atoms with E-state index in [2.05, 4.69) is 15.3 Å². The Hall–Kier alpha value is -3.41. The average Bonchev–Trinajstić information content (AvgIpc) is 3.53. The number of aromatic nitrogens is 3.